The van der Waals surface area contributed by atoms with Gasteiger partial charge in [0.25, 0.3) is 0 Å². The molecule has 1 rings (SSSR count). The minimum absolute atomic E-state index is 0.358. The Balaban J connectivity index is 2.99. The summed E-state index contributed by atoms with van der Waals surface area (Å²) < 4.78 is 4.58. The molecular weight excluding hydrogens is 200 g/mol. The molecule has 0 amide bonds. The third-order valence-corrected chi connectivity index (χ3v) is 3.33. The molecule has 76 valence electrons. The van der Waals surface area contributed by atoms with Gasteiger partial charge in [-0.2, -0.15) is 0 Å². The molecule has 14 heavy (non-hydrogen) atoms. The minimum atomic E-state index is -0.531. The average Bonchev–Trinajstić information content (AvgIpc) is 2.66. The van der Waals surface area contributed by atoms with Crippen molar-refractivity contribution in [3.63, 3.8) is 0 Å². The van der Waals surface area contributed by atoms with Gasteiger partial charge in [-0.15, -0.1) is 11.3 Å². The van der Waals surface area contributed by atoms with Crippen LogP contribution in [0.25, 0.3) is 0 Å². The fraction of sp³-hybridized carbons (Fsp3) is 0.400. The van der Waals surface area contributed by atoms with E-state index >= 15 is 0 Å². The molecule has 4 heteroatoms. The molecule has 0 aliphatic carbocycles. The summed E-state index contributed by atoms with van der Waals surface area (Å²) in [5, 5.41) is 0. The highest BCUT2D eigenvalue weighted by atomic mass is 32.1. The van der Waals surface area contributed by atoms with Crippen LogP contribution in [0.1, 0.15) is 28.4 Å². The van der Waals surface area contributed by atoms with Crippen molar-refractivity contribution in [1.29, 1.82) is 0 Å². The van der Waals surface area contributed by atoms with Gasteiger partial charge in [-0.3, -0.25) is 0 Å². The van der Waals surface area contributed by atoms with E-state index in [1.54, 1.807) is 12.1 Å². The highest BCUT2D eigenvalue weighted by Crippen LogP contribution is 2.28. The molecule has 1 aromatic heterocycles. The summed E-state index contributed by atoms with van der Waals surface area (Å²) in [6, 6.07) is 3.46. The van der Waals surface area contributed by atoms with Gasteiger partial charge in [-0.1, -0.05) is 0 Å². The van der Waals surface area contributed by atoms with E-state index in [9.17, 15) is 9.59 Å². The van der Waals surface area contributed by atoms with Crippen molar-refractivity contribution in [2.45, 2.75) is 19.3 Å². The van der Waals surface area contributed by atoms with Gasteiger partial charge in [0.1, 0.15) is 11.2 Å². The zero-order valence-electron chi connectivity index (χ0n) is 8.37. The highest BCUT2D eigenvalue weighted by Gasteiger charge is 2.23. The van der Waals surface area contributed by atoms with E-state index < -0.39 is 5.41 Å². The van der Waals surface area contributed by atoms with Gasteiger partial charge < -0.3 is 9.53 Å². The lowest BCUT2D eigenvalue weighted by molar-refractivity contribution is -0.111. The largest absolute Gasteiger partial charge is 0.465 e. The van der Waals surface area contributed by atoms with Gasteiger partial charge in [0.05, 0.1) is 12.5 Å². The summed E-state index contributed by atoms with van der Waals surface area (Å²) in [7, 11) is 1.34. The van der Waals surface area contributed by atoms with Crippen molar-refractivity contribution < 1.29 is 14.3 Å². The maximum atomic E-state index is 11.1. The van der Waals surface area contributed by atoms with Crippen LogP contribution in [-0.4, -0.2) is 19.4 Å². The van der Waals surface area contributed by atoms with E-state index in [0.29, 0.717) is 4.88 Å². The highest BCUT2D eigenvalue weighted by molar-refractivity contribution is 7.14. The van der Waals surface area contributed by atoms with Crippen molar-refractivity contribution in [3.05, 3.63) is 21.9 Å². The standard InChI is InChI=1S/C10H12O3S/c1-10(2,6-11)8-5-4-7(14-8)9(12)13-3/h4-6H,1-3H3. The van der Waals surface area contributed by atoms with Crippen LogP contribution in [0.2, 0.25) is 0 Å². The van der Waals surface area contributed by atoms with Crippen molar-refractivity contribution in [2.24, 2.45) is 0 Å². The van der Waals surface area contributed by atoms with E-state index in [4.69, 9.17) is 0 Å². The Morgan fingerprint density at radius 1 is 1.50 bits per heavy atom. The molecular formula is C10H12O3S. The number of hydrogen-bond donors (Lipinski definition) is 0. The quantitative estimate of drug-likeness (QED) is 0.568. The van der Waals surface area contributed by atoms with Gasteiger partial charge in [-0.25, -0.2) is 4.79 Å². The number of esters is 1. The number of carbonyl (C=O) groups is 2. The third-order valence-electron chi connectivity index (χ3n) is 1.92. The number of ether oxygens (including phenoxy) is 1. The van der Waals surface area contributed by atoms with Crippen LogP contribution in [0.3, 0.4) is 0 Å². The third kappa shape index (κ3) is 2.01. The monoisotopic (exact) mass is 212 g/mol. The zero-order valence-corrected chi connectivity index (χ0v) is 9.18. The van der Waals surface area contributed by atoms with Crippen LogP contribution in [0.15, 0.2) is 12.1 Å². The van der Waals surface area contributed by atoms with Gasteiger partial charge in [0.2, 0.25) is 0 Å². The van der Waals surface area contributed by atoms with E-state index in [2.05, 4.69) is 4.74 Å². The van der Waals surface area contributed by atoms with Crippen LogP contribution in [0.4, 0.5) is 0 Å². The van der Waals surface area contributed by atoms with Crippen LogP contribution in [0.5, 0.6) is 0 Å². The number of hydrogen-bond acceptors (Lipinski definition) is 4. The van der Waals surface area contributed by atoms with E-state index in [1.165, 1.54) is 18.4 Å². The first-order valence-electron chi connectivity index (χ1n) is 4.16. The summed E-state index contributed by atoms with van der Waals surface area (Å²) in [5.41, 5.74) is -0.531. The Labute approximate surface area is 86.7 Å². The summed E-state index contributed by atoms with van der Waals surface area (Å²) in [4.78, 5) is 23.3. The van der Waals surface area contributed by atoms with E-state index in [-0.39, 0.29) is 5.97 Å². The van der Waals surface area contributed by atoms with Crippen LogP contribution >= 0.6 is 11.3 Å². The number of aldehydes is 1. The Morgan fingerprint density at radius 2 is 2.14 bits per heavy atom. The molecule has 0 unspecified atom stereocenters. The van der Waals surface area contributed by atoms with Crippen molar-refractivity contribution in [3.8, 4) is 0 Å². The smallest absolute Gasteiger partial charge is 0.348 e. The second-order valence-electron chi connectivity index (χ2n) is 3.50. The van der Waals surface area contributed by atoms with Crippen LogP contribution in [0, 0.1) is 0 Å². The average molecular weight is 212 g/mol. The molecule has 0 saturated heterocycles. The van der Waals surface area contributed by atoms with Crippen molar-refractivity contribution >= 4 is 23.6 Å². The van der Waals surface area contributed by atoms with E-state index in [1.807, 2.05) is 13.8 Å². The normalized spacial score (nSPS) is 11.1. The second-order valence-corrected chi connectivity index (χ2v) is 4.58. The first-order chi connectivity index (χ1) is 6.51. The molecule has 0 aromatic carbocycles. The first-order valence-corrected chi connectivity index (χ1v) is 4.98. The number of carbonyl (C=O) groups excluding carboxylic acids is 2. The van der Waals surface area contributed by atoms with Crippen LogP contribution < -0.4 is 0 Å². The van der Waals surface area contributed by atoms with Gasteiger partial charge in [0.15, 0.2) is 0 Å². The van der Waals surface area contributed by atoms with Gasteiger partial charge >= 0.3 is 5.97 Å². The summed E-state index contributed by atoms with van der Waals surface area (Å²) in [6.45, 7) is 3.62. The second kappa shape index (κ2) is 3.92. The van der Waals surface area contributed by atoms with Crippen LogP contribution in [-0.2, 0) is 14.9 Å². The maximum Gasteiger partial charge on any atom is 0.348 e. The Kier molecular flexibility index (Phi) is 3.06. The number of methoxy groups -OCH3 is 1. The molecule has 0 N–H and O–H groups in total. The molecule has 0 saturated carbocycles. The van der Waals surface area contributed by atoms with Gasteiger partial charge in [-0.05, 0) is 26.0 Å². The molecule has 0 aliphatic heterocycles. The number of thiophene rings is 1. The summed E-state index contributed by atoms with van der Waals surface area (Å²) >= 11 is 1.29. The lowest BCUT2D eigenvalue weighted by Crippen LogP contribution is -2.16. The lowest BCUT2D eigenvalue weighted by atomic mass is 9.94. The summed E-state index contributed by atoms with van der Waals surface area (Å²) in [5.74, 6) is -0.358. The SMILES string of the molecule is COC(=O)c1ccc(C(C)(C)C=O)s1. The Hall–Kier alpha value is -1.16. The summed E-state index contributed by atoms with van der Waals surface area (Å²) in [6.07, 6.45) is 0.875. The Morgan fingerprint density at radius 3 is 2.64 bits per heavy atom. The minimum Gasteiger partial charge on any atom is -0.465 e. The molecule has 0 atom stereocenters. The van der Waals surface area contributed by atoms with E-state index in [0.717, 1.165) is 11.2 Å². The fourth-order valence-corrected chi connectivity index (χ4v) is 1.94. The maximum absolute atomic E-state index is 11.1. The fourth-order valence-electron chi connectivity index (χ4n) is 0.953. The predicted octanol–water partition coefficient (Wildman–Crippen LogP) is 2.01. The van der Waals surface area contributed by atoms with Crippen molar-refractivity contribution in [1.82, 2.24) is 0 Å². The molecule has 1 heterocycles. The molecule has 0 spiro atoms. The Bertz CT molecular complexity index is 352. The molecule has 0 aliphatic rings. The molecule has 0 radical (unpaired) electrons. The zero-order chi connectivity index (χ0) is 10.8. The molecule has 0 bridgehead atoms. The van der Waals surface area contributed by atoms with Crippen molar-refractivity contribution in [2.75, 3.05) is 7.11 Å². The molecule has 3 nitrogen and oxygen atoms in total. The predicted molar refractivity (Wildman–Crippen MR) is 54.7 cm³/mol. The lowest BCUT2D eigenvalue weighted by Gasteiger charge is -2.13. The first kappa shape index (κ1) is 10.9. The molecule has 0 fully saturated rings. The molecule has 1 aromatic rings. The van der Waals surface area contributed by atoms with Gasteiger partial charge in [0, 0.05) is 4.88 Å². The topological polar surface area (TPSA) is 43.4 Å². The number of rotatable bonds is 3.